The van der Waals surface area contributed by atoms with E-state index in [1.165, 1.54) is 17.7 Å². The van der Waals surface area contributed by atoms with Crippen LogP contribution < -0.4 is 9.80 Å². The van der Waals surface area contributed by atoms with Crippen molar-refractivity contribution in [2.24, 2.45) is 0 Å². The summed E-state index contributed by atoms with van der Waals surface area (Å²) in [7, 11) is 0. The second-order valence-corrected chi connectivity index (χ2v) is 9.95. The highest BCUT2D eigenvalue weighted by atomic mass is 19.1. The average Bonchev–Trinajstić information content (AvgIpc) is 2.85. The monoisotopic (exact) mass is 455 g/mol. The van der Waals surface area contributed by atoms with Crippen LogP contribution in [0.5, 0.6) is 0 Å². The summed E-state index contributed by atoms with van der Waals surface area (Å²) in [5.74, 6) is 1.72. The van der Waals surface area contributed by atoms with Gasteiger partial charge in [0.1, 0.15) is 11.6 Å². The summed E-state index contributed by atoms with van der Waals surface area (Å²) < 4.78 is 13.3. The first kappa shape index (κ1) is 22.3. The van der Waals surface area contributed by atoms with Gasteiger partial charge in [-0.3, -0.25) is 0 Å². The molecule has 2 aromatic carbocycles. The quantitative estimate of drug-likeness (QED) is 0.413. The molecule has 1 saturated heterocycles. The molecule has 0 N–H and O–H groups in total. The molecule has 6 heteroatoms. The fraction of sp³-hybridized carbons (Fsp3) is 0.321. The van der Waals surface area contributed by atoms with Crippen LogP contribution in [0.3, 0.4) is 0 Å². The van der Waals surface area contributed by atoms with Gasteiger partial charge in [0.2, 0.25) is 0 Å². The van der Waals surface area contributed by atoms with Crippen LogP contribution in [0.25, 0.3) is 10.8 Å². The molecule has 34 heavy (non-hydrogen) atoms. The molecule has 0 saturated carbocycles. The Morgan fingerprint density at radius 1 is 0.794 bits per heavy atom. The number of hydrogen-bond acceptors (Lipinski definition) is 5. The molecule has 1 aliphatic heterocycles. The van der Waals surface area contributed by atoms with Gasteiger partial charge in [-0.05, 0) is 34.7 Å². The number of nitrogens with zero attached hydrogens (tertiary/aromatic N) is 5. The molecule has 4 aromatic rings. The molecule has 0 spiro atoms. The fourth-order valence-corrected chi connectivity index (χ4v) is 4.47. The lowest BCUT2D eigenvalue weighted by Gasteiger charge is -2.36. The smallest absolute Gasteiger partial charge is 0.159 e. The van der Waals surface area contributed by atoms with Crippen molar-refractivity contribution in [3.8, 4) is 0 Å². The van der Waals surface area contributed by atoms with Crippen LogP contribution >= 0.6 is 0 Å². The van der Waals surface area contributed by atoms with E-state index < -0.39 is 0 Å². The zero-order chi connectivity index (χ0) is 23.7. The predicted octanol–water partition coefficient (Wildman–Crippen LogP) is 5.38. The van der Waals surface area contributed by atoms with E-state index in [0.717, 1.165) is 59.8 Å². The Morgan fingerprint density at radius 2 is 1.47 bits per heavy atom. The maximum Gasteiger partial charge on any atom is 0.159 e. The zero-order valence-corrected chi connectivity index (χ0v) is 20.0. The number of benzene rings is 2. The lowest BCUT2D eigenvalue weighted by molar-refractivity contribution is 0.586. The first-order valence-electron chi connectivity index (χ1n) is 11.8. The summed E-state index contributed by atoms with van der Waals surface area (Å²) in [6.45, 7) is 10.1. The molecule has 0 aliphatic carbocycles. The van der Waals surface area contributed by atoms with Gasteiger partial charge in [0.05, 0.1) is 5.69 Å². The Labute approximate surface area is 200 Å². The fourth-order valence-electron chi connectivity index (χ4n) is 4.47. The summed E-state index contributed by atoms with van der Waals surface area (Å²) >= 11 is 0. The van der Waals surface area contributed by atoms with Crippen LogP contribution in [0, 0.1) is 5.82 Å². The summed E-state index contributed by atoms with van der Waals surface area (Å²) in [4.78, 5) is 9.38. The van der Waals surface area contributed by atoms with Gasteiger partial charge in [-0.2, -0.15) is 5.10 Å². The van der Waals surface area contributed by atoms with Gasteiger partial charge in [-0.15, -0.1) is 5.10 Å². The number of hydrogen-bond donors (Lipinski definition) is 0. The third-order valence-corrected chi connectivity index (χ3v) is 6.55. The van der Waals surface area contributed by atoms with Crippen LogP contribution in [0.15, 0.2) is 66.9 Å². The normalized spacial score (nSPS) is 14.6. The Kier molecular flexibility index (Phi) is 5.90. The lowest BCUT2D eigenvalue weighted by Crippen LogP contribution is -2.47. The highest BCUT2D eigenvalue weighted by Gasteiger charge is 2.22. The zero-order valence-electron chi connectivity index (χ0n) is 20.0. The van der Waals surface area contributed by atoms with Crippen LogP contribution in [-0.2, 0) is 11.8 Å². The Morgan fingerprint density at radius 3 is 2.12 bits per heavy atom. The van der Waals surface area contributed by atoms with Crippen molar-refractivity contribution in [3.05, 3.63) is 89.5 Å². The topological polar surface area (TPSA) is 45.2 Å². The summed E-state index contributed by atoms with van der Waals surface area (Å²) in [6.07, 6.45) is 2.62. The van der Waals surface area contributed by atoms with Crippen molar-refractivity contribution in [1.29, 1.82) is 0 Å². The Bertz CT molecular complexity index is 1270. The molecule has 1 aliphatic rings. The first-order chi connectivity index (χ1) is 16.4. The van der Waals surface area contributed by atoms with E-state index in [9.17, 15) is 4.39 Å². The maximum atomic E-state index is 13.3. The van der Waals surface area contributed by atoms with Gasteiger partial charge in [-0.1, -0.05) is 63.2 Å². The standard InChI is InChI=1S/C28H30FN5/c1-28(2,3)21-10-13-26(30-19-21)33-14-16-34(17-15-33)27-24-7-5-4-6-23(24)25(31-32-27)18-20-8-11-22(29)12-9-20/h4-13,19H,14-18H2,1-3H3. The molecule has 0 bridgehead atoms. The van der Waals surface area contributed by atoms with Crippen molar-refractivity contribution in [3.63, 3.8) is 0 Å². The van der Waals surface area contributed by atoms with Gasteiger partial charge < -0.3 is 9.80 Å². The molecular formula is C28H30FN5. The maximum absolute atomic E-state index is 13.3. The van der Waals surface area contributed by atoms with Crippen molar-refractivity contribution in [1.82, 2.24) is 15.2 Å². The SMILES string of the molecule is CC(C)(C)c1ccc(N2CCN(c3nnc(Cc4ccc(F)cc4)c4ccccc34)CC2)nc1. The van der Waals surface area contributed by atoms with Crippen molar-refractivity contribution < 1.29 is 4.39 Å². The van der Waals surface area contributed by atoms with Crippen LogP contribution in [0.2, 0.25) is 0 Å². The second kappa shape index (κ2) is 9.01. The number of aromatic nitrogens is 3. The van der Waals surface area contributed by atoms with E-state index >= 15 is 0 Å². The van der Waals surface area contributed by atoms with Gasteiger partial charge >= 0.3 is 0 Å². The minimum absolute atomic E-state index is 0.104. The second-order valence-electron chi connectivity index (χ2n) is 9.95. The first-order valence-corrected chi connectivity index (χ1v) is 11.8. The van der Waals surface area contributed by atoms with Crippen LogP contribution in [0.4, 0.5) is 16.0 Å². The highest BCUT2D eigenvalue weighted by Crippen LogP contribution is 2.29. The van der Waals surface area contributed by atoms with E-state index in [-0.39, 0.29) is 11.2 Å². The molecule has 5 nitrogen and oxygen atoms in total. The van der Waals surface area contributed by atoms with Crippen molar-refractivity contribution in [2.45, 2.75) is 32.6 Å². The molecular weight excluding hydrogens is 425 g/mol. The average molecular weight is 456 g/mol. The van der Waals surface area contributed by atoms with Gasteiger partial charge in [0, 0.05) is 49.6 Å². The van der Waals surface area contributed by atoms with Crippen molar-refractivity contribution in [2.75, 3.05) is 36.0 Å². The number of piperazine rings is 1. The molecule has 5 rings (SSSR count). The number of rotatable bonds is 4. The number of pyridine rings is 1. The van der Waals surface area contributed by atoms with E-state index in [4.69, 9.17) is 4.98 Å². The third kappa shape index (κ3) is 4.58. The minimum atomic E-state index is -0.227. The minimum Gasteiger partial charge on any atom is -0.353 e. The Hall–Kier alpha value is -3.54. The predicted molar refractivity (Wildman–Crippen MR) is 136 cm³/mol. The molecule has 2 aromatic heterocycles. The molecule has 0 radical (unpaired) electrons. The van der Waals surface area contributed by atoms with E-state index in [0.29, 0.717) is 6.42 Å². The summed E-state index contributed by atoms with van der Waals surface area (Å²) in [5.41, 5.74) is 3.28. The van der Waals surface area contributed by atoms with E-state index in [2.05, 4.69) is 65.0 Å². The van der Waals surface area contributed by atoms with Gasteiger partial charge in [0.25, 0.3) is 0 Å². The Balaban J connectivity index is 1.34. The highest BCUT2D eigenvalue weighted by molar-refractivity contribution is 5.93. The molecule has 0 atom stereocenters. The molecule has 174 valence electrons. The lowest BCUT2D eigenvalue weighted by atomic mass is 9.88. The largest absolute Gasteiger partial charge is 0.353 e. The number of halogens is 1. The van der Waals surface area contributed by atoms with Gasteiger partial charge in [-0.25, -0.2) is 9.37 Å². The van der Waals surface area contributed by atoms with E-state index in [1.807, 2.05) is 18.3 Å². The van der Waals surface area contributed by atoms with Crippen LogP contribution in [-0.4, -0.2) is 41.4 Å². The number of anilines is 2. The molecule has 0 amide bonds. The van der Waals surface area contributed by atoms with Gasteiger partial charge in [0.15, 0.2) is 5.82 Å². The third-order valence-electron chi connectivity index (χ3n) is 6.55. The molecule has 0 unspecified atom stereocenters. The molecule has 1 fully saturated rings. The molecule has 3 heterocycles. The summed E-state index contributed by atoms with van der Waals surface area (Å²) in [6, 6.07) is 19.2. The van der Waals surface area contributed by atoms with E-state index in [1.54, 1.807) is 12.1 Å². The number of fused-ring (bicyclic) bond motifs is 1. The summed E-state index contributed by atoms with van der Waals surface area (Å²) in [5, 5.41) is 11.4. The van der Waals surface area contributed by atoms with Crippen LogP contribution in [0.1, 0.15) is 37.6 Å². The van der Waals surface area contributed by atoms with Crippen molar-refractivity contribution >= 4 is 22.4 Å².